The van der Waals surface area contributed by atoms with E-state index < -0.39 is 33.4 Å². The summed E-state index contributed by atoms with van der Waals surface area (Å²) in [5.74, 6) is -4.00. The molecule has 0 bridgehead atoms. The number of sulfone groups is 1. The Balaban J connectivity index is 0.000000414. The van der Waals surface area contributed by atoms with Gasteiger partial charge in [-0.05, 0) is 31.3 Å². The van der Waals surface area contributed by atoms with Crippen molar-refractivity contribution in [3.05, 3.63) is 78.3 Å². The molecule has 0 aliphatic carbocycles. The second-order valence-corrected chi connectivity index (χ2v) is 8.11. The summed E-state index contributed by atoms with van der Waals surface area (Å²) in [6.07, 6.45) is 3.74. The Kier molecular flexibility index (Phi) is 8.48. The molecule has 33 heavy (non-hydrogen) atoms. The predicted molar refractivity (Wildman–Crippen MR) is 110 cm³/mol. The third-order valence-corrected chi connectivity index (χ3v) is 5.51. The Morgan fingerprint density at radius 1 is 1.12 bits per heavy atom. The summed E-state index contributed by atoms with van der Waals surface area (Å²) in [5, 5.41) is 22.3. The maximum atomic E-state index is 14.2. The minimum atomic E-state index is -4.02. The lowest BCUT2D eigenvalue weighted by molar-refractivity contribution is -0.134. The number of nitrogens with zero attached hydrogens (tertiary/aromatic N) is 3. The monoisotopic (exact) mass is 480 g/mol. The first-order chi connectivity index (χ1) is 15.6. The molecule has 3 rings (SSSR count). The van der Waals surface area contributed by atoms with Crippen molar-refractivity contribution in [1.82, 2.24) is 20.1 Å². The van der Waals surface area contributed by atoms with E-state index in [0.717, 1.165) is 22.9 Å². The highest BCUT2D eigenvalue weighted by Crippen LogP contribution is 2.25. The Morgan fingerprint density at radius 2 is 1.79 bits per heavy atom. The van der Waals surface area contributed by atoms with Gasteiger partial charge in [0.15, 0.2) is 5.03 Å². The van der Waals surface area contributed by atoms with E-state index in [0.29, 0.717) is 17.8 Å². The number of rotatable bonds is 7. The molecular formula is C20H18F2N4O6S. The van der Waals surface area contributed by atoms with Gasteiger partial charge < -0.3 is 15.5 Å². The number of carboxylic acid groups (broad SMARTS) is 2. The van der Waals surface area contributed by atoms with E-state index in [1.165, 1.54) is 30.6 Å². The summed E-state index contributed by atoms with van der Waals surface area (Å²) in [7, 11) is -2.36. The van der Waals surface area contributed by atoms with Gasteiger partial charge in [0.2, 0.25) is 9.84 Å². The molecule has 0 atom stereocenters. The van der Waals surface area contributed by atoms with Crippen LogP contribution in [0.25, 0.3) is 5.69 Å². The van der Waals surface area contributed by atoms with E-state index in [1.807, 2.05) is 0 Å². The van der Waals surface area contributed by atoms with Crippen LogP contribution in [0.2, 0.25) is 0 Å². The quantitative estimate of drug-likeness (QED) is 0.430. The van der Waals surface area contributed by atoms with Crippen LogP contribution in [-0.4, -0.2) is 52.4 Å². The first kappa shape index (κ1) is 25.3. The lowest BCUT2D eigenvalue weighted by Gasteiger charge is -2.09. The molecule has 0 amide bonds. The molecule has 0 aliphatic rings. The van der Waals surface area contributed by atoms with Crippen molar-refractivity contribution in [2.24, 2.45) is 0 Å². The minimum Gasteiger partial charge on any atom is -0.478 e. The Hall–Kier alpha value is -3.97. The van der Waals surface area contributed by atoms with Crippen LogP contribution in [0.5, 0.6) is 0 Å². The number of pyridine rings is 1. The average Bonchev–Trinajstić information content (AvgIpc) is 3.20. The normalized spacial score (nSPS) is 11.1. The Labute approximate surface area is 186 Å². The molecule has 0 saturated carbocycles. The zero-order valence-corrected chi connectivity index (χ0v) is 17.8. The summed E-state index contributed by atoms with van der Waals surface area (Å²) < 4.78 is 54.4. The molecule has 0 saturated heterocycles. The van der Waals surface area contributed by atoms with Gasteiger partial charge in [0, 0.05) is 43.2 Å². The Bertz CT molecular complexity index is 1260. The SMILES string of the molecule is CNCc1cc(S(=O)(=O)c2cccnc2)n(-c2cc(F)ccc2F)n1.O=C(O)C=CC(=O)O. The second kappa shape index (κ2) is 11.1. The molecule has 0 fully saturated rings. The van der Waals surface area contributed by atoms with Gasteiger partial charge in [-0.15, -0.1) is 0 Å². The molecule has 10 nitrogen and oxygen atoms in total. The van der Waals surface area contributed by atoms with Gasteiger partial charge in [-0.2, -0.15) is 5.10 Å². The van der Waals surface area contributed by atoms with Crippen LogP contribution in [0.4, 0.5) is 8.78 Å². The first-order valence-electron chi connectivity index (χ1n) is 9.04. The third-order valence-electron chi connectivity index (χ3n) is 3.81. The first-order valence-corrected chi connectivity index (χ1v) is 10.5. The van der Waals surface area contributed by atoms with Crippen molar-refractivity contribution in [2.75, 3.05) is 7.05 Å². The number of halogens is 2. The van der Waals surface area contributed by atoms with Crippen LogP contribution in [0.1, 0.15) is 5.69 Å². The summed E-state index contributed by atoms with van der Waals surface area (Å²) in [5.41, 5.74) is 0.0819. The van der Waals surface area contributed by atoms with Crippen LogP contribution in [0.15, 0.2) is 70.9 Å². The summed E-state index contributed by atoms with van der Waals surface area (Å²) in [4.78, 5) is 22.8. The zero-order chi connectivity index (χ0) is 24.6. The number of nitrogens with one attached hydrogen (secondary N) is 1. The maximum absolute atomic E-state index is 14.2. The van der Waals surface area contributed by atoms with E-state index in [2.05, 4.69) is 15.4 Å². The molecule has 3 N–H and O–H groups in total. The van der Waals surface area contributed by atoms with Crippen LogP contribution in [0.3, 0.4) is 0 Å². The molecule has 0 aliphatic heterocycles. The number of aliphatic carboxylic acids is 2. The number of benzene rings is 1. The van der Waals surface area contributed by atoms with Crippen molar-refractivity contribution in [2.45, 2.75) is 16.5 Å². The molecular weight excluding hydrogens is 462 g/mol. The fourth-order valence-electron chi connectivity index (χ4n) is 2.46. The number of hydrogen-bond acceptors (Lipinski definition) is 7. The highest BCUT2D eigenvalue weighted by Gasteiger charge is 2.26. The van der Waals surface area contributed by atoms with Crippen molar-refractivity contribution in [1.29, 1.82) is 0 Å². The lowest BCUT2D eigenvalue weighted by Crippen LogP contribution is -2.12. The van der Waals surface area contributed by atoms with Crippen molar-refractivity contribution in [3.63, 3.8) is 0 Å². The van der Waals surface area contributed by atoms with Gasteiger partial charge in [-0.25, -0.2) is 31.5 Å². The summed E-state index contributed by atoms with van der Waals surface area (Å²) >= 11 is 0. The van der Waals surface area contributed by atoms with Crippen molar-refractivity contribution < 1.29 is 37.0 Å². The molecule has 0 spiro atoms. The number of aromatic nitrogens is 3. The van der Waals surface area contributed by atoms with Gasteiger partial charge >= 0.3 is 11.9 Å². The van der Waals surface area contributed by atoms with E-state index in [4.69, 9.17) is 10.2 Å². The van der Waals surface area contributed by atoms with Gasteiger partial charge in [0.1, 0.15) is 17.3 Å². The molecule has 2 heterocycles. The van der Waals surface area contributed by atoms with E-state index in [-0.39, 0.29) is 22.2 Å². The fraction of sp³-hybridized carbons (Fsp3) is 0.100. The highest BCUT2D eigenvalue weighted by molar-refractivity contribution is 7.91. The van der Waals surface area contributed by atoms with Crippen LogP contribution in [-0.2, 0) is 26.0 Å². The molecule has 0 radical (unpaired) electrons. The fourth-order valence-corrected chi connectivity index (χ4v) is 3.82. The Morgan fingerprint density at radius 3 is 2.33 bits per heavy atom. The molecule has 3 aromatic rings. The summed E-state index contributed by atoms with van der Waals surface area (Å²) in [6.45, 7) is 0.263. The minimum absolute atomic E-state index is 0.0658. The third kappa shape index (κ3) is 6.75. The molecule has 13 heteroatoms. The lowest BCUT2D eigenvalue weighted by atomic mass is 10.3. The van der Waals surface area contributed by atoms with Gasteiger partial charge in [-0.3, -0.25) is 4.98 Å². The van der Waals surface area contributed by atoms with Gasteiger partial charge in [0.25, 0.3) is 0 Å². The van der Waals surface area contributed by atoms with E-state index in [9.17, 15) is 26.8 Å². The highest BCUT2D eigenvalue weighted by atomic mass is 32.2. The number of hydrogen-bond donors (Lipinski definition) is 3. The molecule has 174 valence electrons. The number of carboxylic acids is 2. The van der Waals surface area contributed by atoms with E-state index >= 15 is 0 Å². The van der Waals surface area contributed by atoms with E-state index in [1.54, 1.807) is 7.05 Å². The van der Waals surface area contributed by atoms with Crippen molar-refractivity contribution in [3.8, 4) is 5.69 Å². The molecule has 1 aromatic carbocycles. The van der Waals surface area contributed by atoms with Crippen molar-refractivity contribution >= 4 is 21.8 Å². The second-order valence-electron chi connectivity index (χ2n) is 6.21. The maximum Gasteiger partial charge on any atom is 0.328 e. The standard InChI is InChI=1S/C16H14F2N4O2S.C4H4O4/c1-19-9-12-8-16(25(23,24)13-3-2-6-20-10-13)22(21-12)15-7-11(17)4-5-14(15)18;5-3(6)1-2-4(7)8/h2-8,10,19H,9H2,1H3;1-2H,(H,5,6)(H,7,8). The van der Waals surface area contributed by atoms with Crippen LogP contribution < -0.4 is 5.32 Å². The summed E-state index contributed by atoms with van der Waals surface area (Å²) in [6, 6.07) is 6.94. The molecule has 2 aromatic heterocycles. The van der Waals surface area contributed by atoms with Crippen LogP contribution in [0, 0.1) is 11.6 Å². The topological polar surface area (TPSA) is 151 Å². The smallest absolute Gasteiger partial charge is 0.328 e. The average molecular weight is 480 g/mol. The predicted octanol–water partition coefficient (Wildman–Crippen LogP) is 1.81. The molecule has 0 unspecified atom stereocenters. The number of carbonyl (C=O) groups is 2. The van der Waals surface area contributed by atoms with Crippen LogP contribution >= 0.6 is 0 Å². The van der Waals surface area contributed by atoms with Gasteiger partial charge in [0.05, 0.1) is 10.6 Å². The zero-order valence-electron chi connectivity index (χ0n) is 17.0. The van der Waals surface area contributed by atoms with Gasteiger partial charge in [-0.1, -0.05) is 0 Å². The largest absolute Gasteiger partial charge is 0.478 e.